The zero-order valence-electron chi connectivity index (χ0n) is 15.5. The lowest BCUT2D eigenvalue weighted by atomic mass is 10.1. The van der Waals surface area contributed by atoms with Crippen molar-refractivity contribution in [2.45, 2.75) is 18.2 Å². The molecule has 8 nitrogen and oxygen atoms in total. The maximum absolute atomic E-state index is 12.6. The number of hydrogen-bond acceptors (Lipinski definition) is 5. The lowest BCUT2D eigenvalue weighted by Crippen LogP contribution is -2.28. The molecule has 2 aromatic rings. The highest BCUT2D eigenvalue weighted by Crippen LogP contribution is 2.29. The van der Waals surface area contributed by atoms with Crippen LogP contribution in [0.3, 0.4) is 0 Å². The highest BCUT2D eigenvalue weighted by Gasteiger charge is 2.35. The van der Waals surface area contributed by atoms with E-state index in [2.05, 4.69) is 5.32 Å². The van der Waals surface area contributed by atoms with Crippen molar-refractivity contribution in [3.63, 3.8) is 0 Å². The number of nitrogens with zero attached hydrogens (tertiary/aromatic N) is 1. The molecule has 0 unspecified atom stereocenters. The van der Waals surface area contributed by atoms with E-state index in [0.29, 0.717) is 0 Å². The lowest BCUT2D eigenvalue weighted by Gasteiger charge is -2.17. The Labute approximate surface area is 163 Å². The van der Waals surface area contributed by atoms with Crippen molar-refractivity contribution in [2.75, 3.05) is 23.9 Å². The van der Waals surface area contributed by atoms with Gasteiger partial charge in [-0.15, -0.1) is 0 Å². The minimum absolute atomic E-state index is 0.0813. The van der Waals surface area contributed by atoms with Gasteiger partial charge < -0.3 is 15.0 Å². The van der Waals surface area contributed by atoms with Crippen LogP contribution in [0.25, 0.3) is 0 Å². The van der Waals surface area contributed by atoms with Crippen molar-refractivity contribution in [3.05, 3.63) is 48.0 Å². The predicted octanol–water partition coefficient (Wildman–Crippen LogP) is 1.64. The summed E-state index contributed by atoms with van der Waals surface area (Å²) in [6.45, 7) is 2.21. The second-order valence-corrected chi connectivity index (χ2v) is 8.17. The summed E-state index contributed by atoms with van der Waals surface area (Å²) in [6, 6.07) is 11.7. The van der Waals surface area contributed by atoms with Crippen LogP contribution < -0.4 is 20.1 Å². The smallest absolute Gasteiger partial charge is 0.241 e. The highest BCUT2D eigenvalue weighted by molar-refractivity contribution is 7.89. The maximum atomic E-state index is 12.6. The van der Waals surface area contributed by atoms with Crippen LogP contribution in [0.1, 0.15) is 12.0 Å². The molecule has 0 spiro atoms. The minimum atomic E-state index is -4.02. The fourth-order valence-corrected chi connectivity index (χ4v) is 3.80. The van der Waals surface area contributed by atoms with Gasteiger partial charge in [0.2, 0.25) is 21.8 Å². The van der Waals surface area contributed by atoms with Gasteiger partial charge in [-0.25, -0.2) is 13.6 Å². The van der Waals surface area contributed by atoms with Gasteiger partial charge >= 0.3 is 0 Å². The Morgan fingerprint density at radius 3 is 2.50 bits per heavy atom. The first-order valence-corrected chi connectivity index (χ1v) is 10.1. The Kier molecular flexibility index (Phi) is 5.39. The van der Waals surface area contributed by atoms with E-state index < -0.39 is 15.9 Å². The second kappa shape index (κ2) is 7.61. The van der Waals surface area contributed by atoms with Gasteiger partial charge in [-0.05, 0) is 37.3 Å². The molecular formula is C19H21N3O5S. The number of anilines is 2. The van der Waals surface area contributed by atoms with Crippen molar-refractivity contribution < 1.29 is 22.7 Å². The number of primary sulfonamides is 1. The Bertz CT molecular complexity index is 1020. The molecule has 3 rings (SSSR count). The maximum Gasteiger partial charge on any atom is 0.241 e. The molecule has 0 saturated carbocycles. The number of nitrogens with one attached hydrogen (secondary N) is 1. The number of benzene rings is 2. The van der Waals surface area contributed by atoms with Crippen LogP contribution in [0.4, 0.5) is 11.4 Å². The van der Waals surface area contributed by atoms with Crippen molar-refractivity contribution >= 4 is 33.2 Å². The molecule has 2 amide bonds. The van der Waals surface area contributed by atoms with E-state index in [1.807, 2.05) is 31.2 Å². The third kappa shape index (κ3) is 4.15. The average molecular weight is 403 g/mol. The van der Waals surface area contributed by atoms with Gasteiger partial charge in [-0.2, -0.15) is 0 Å². The molecule has 0 bridgehead atoms. The van der Waals surface area contributed by atoms with Crippen LogP contribution in [0, 0.1) is 12.8 Å². The number of amides is 2. The number of nitrogens with two attached hydrogens (primary N) is 1. The van der Waals surface area contributed by atoms with Gasteiger partial charge in [0.15, 0.2) is 0 Å². The molecule has 9 heteroatoms. The Morgan fingerprint density at radius 1 is 1.21 bits per heavy atom. The van der Waals surface area contributed by atoms with Crippen LogP contribution in [-0.2, 0) is 19.6 Å². The molecule has 0 aliphatic carbocycles. The fourth-order valence-electron chi connectivity index (χ4n) is 3.08. The van der Waals surface area contributed by atoms with E-state index in [9.17, 15) is 18.0 Å². The summed E-state index contributed by atoms with van der Waals surface area (Å²) in [5.41, 5.74) is 2.08. The largest absolute Gasteiger partial charge is 0.495 e. The Hall–Kier alpha value is -2.91. The van der Waals surface area contributed by atoms with Gasteiger partial charge in [0.1, 0.15) is 10.6 Å². The molecular weight excluding hydrogens is 382 g/mol. The van der Waals surface area contributed by atoms with Crippen LogP contribution in [0.15, 0.2) is 47.4 Å². The lowest BCUT2D eigenvalue weighted by molar-refractivity contribution is -0.122. The summed E-state index contributed by atoms with van der Waals surface area (Å²) >= 11 is 0. The second-order valence-electron chi connectivity index (χ2n) is 6.64. The standard InChI is InChI=1S/C19H21N3O5S/c1-12-3-6-15(7-4-12)22-11-13(9-18(22)23)19(24)21-14-5-8-16(27-2)17(10-14)28(20,25)26/h3-8,10,13H,9,11H2,1-2H3,(H,21,24)(H2,20,25,26)/t13-/m1/s1. The summed E-state index contributed by atoms with van der Waals surface area (Å²) in [7, 11) is -2.69. The van der Waals surface area contributed by atoms with E-state index in [-0.39, 0.29) is 41.1 Å². The molecule has 1 aliphatic heterocycles. The zero-order chi connectivity index (χ0) is 20.5. The number of hydrogen-bond donors (Lipinski definition) is 2. The van der Waals surface area contributed by atoms with Gasteiger partial charge in [0.25, 0.3) is 0 Å². The Balaban J connectivity index is 1.75. The monoisotopic (exact) mass is 403 g/mol. The zero-order valence-corrected chi connectivity index (χ0v) is 16.3. The number of methoxy groups -OCH3 is 1. The molecule has 3 N–H and O–H groups in total. The first kappa shape index (κ1) is 19.8. The average Bonchev–Trinajstić information content (AvgIpc) is 3.03. The topological polar surface area (TPSA) is 119 Å². The van der Waals surface area contributed by atoms with Crippen molar-refractivity contribution in [1.82, 2.24) is 0 Å². The number of carbonyl (C=O) groups excluding carboxylic acids is 2. The highest BCUT2D eigenvalue weighted by atomic mass is 32.2. The minimum Gasteiger partial charge on any atom is -0.495 e. The van der Waals surface area contributed by atoms with Crippen molar-refractivity contribution in [2.24, 2.45) is 11.1 Å². The number of rotatable bonds is 5. The van der Waals surface area contributed by atoms with E-state index in [1.54, 1.807) is 4.90 Å². The molecule has 0 aromatic heterocycles. The van der Waals surface area contributed by atoms with Gasteiger partial charge in [0.05, 0.1) is 13.0 Å². The molecule has 0 radical (unpaired) electrons. The van der Waals surface area contributed by atoms with Gasteiger partial charge in [-0.1, -0.05) is 17.7 Å². The normalized spacial score (nSPS) is 16.9. The molecule has 1 saturated heterocycles. The van der Waals surface area contributed by atoms with E-state index in [1.165, 1.54) is 25.3 Å². The quantitative estimate of drug-likeness (QED) is 0.787. The summed E-state index contributed by atoms with van der Waals surface area (Å²) < 4.78 is 28.4. The molecule has 1 aliphatic rings. The summed E-state index contributed by atoms with van der Waals surface area (Å²) in [5.74, 6) is -0.964. The van der Waals surface area contributed by atoms with Crippen LogP contribution >= 0.6 is 0 Å². The fraction of sp³-hybridized carbons (Fsp3) is 0.263. The third-order valence-electron chi connectivity index (χ3n) is 4.58. The SMILES string of the molecule is COc1ccc(NC(=O)[C@@H]2CC(=O)N(c3ccc(C)cc3)C2)cc1S(N)(=O)=O. The first-order chi connectivity index (χ1) is 13.2. The summed E-state index contributed by atoms with van der Waals surface area (Å²) in [4.78, 5) is 26.3. The summed E-state index contributed by atoms with van der Waals surface area (Å²) in [6.07, 6.45) is 0.0813. The molecule has 148 valence electrons. The third-order valence-corrected chi connectivity index (χ3v) is 5.51. The number of aryl methyl sites for hydroxylation is 1. The molecule has 1 heterocycles. The predicted molar refractivity (Wildman–Crippen MR) is 105 cm³/mol. The molecule has 1 fully saturated rings. The van der Waals surface area contributed by atoms with Crippen molar-refractivity contribution in [3.8, 4) is 5.75 Å². The van der Waals surface area contributed by atoms with Gasteiger partial charge in [0, 0.05) is 24.3 Å². The van der Waals surface area contributed by atoms with Crippen LogP contribution in [0.5, 0.6) is 5.75 Å². The number of sulfonamides is 1. The van der Waals surface area contributed by atoms with Crippen molar-refractivity contribution in [1.29, 1.82) is 0 Å². The number of ether oxygens (including phenoxy) is 1. The molecule has 28 heavy (non-hydrogen) atoms. The molecule has 2 aromatic carbocycles. The van der Waals surface area contributed by atoms with Crippen LogP contribution in [0.2, 0.25) is 0 Å². The van der Waals surface area contributed by atoms with Gasteiger partial charge in [-0.3, -0.25) is 9.59 Å². The first-order valence-electron chi connectivity index (χ1n) is 8.58. The summed E-state index contributed by atoms with van der Waals surface area (Å²) in [5, 5.41) is 7.85. The number of carbonyl (C=O) groups is 2. The van der Waals surface area contributed by atoms with E-state index >= 15 is 0 Å². The van der Waals surface area contributed by atoms with Crippen LogP contribution in [-0.4, -0.2) is 33.9 Å². The Morgan fingerprint density at radius 2 is 1.89 bits per heavy atom. The van der Waals surface area contributed by atoms with E-state index in [4.69, 9.17) is 9.88 Å². The molecule has 1 atom stereocenters. The van der Waals surface area contributed by atoms with E-state index in [0.717, 1.165) is 11.3 Å².